The van der Waals surface area contributed by atoms with Gasteiger partial charge in [-0.15, -0.1) is 0 Å². The summed E-state index contributed by atoms with van der Waals surface area (Å²) in [5, 5.41) is 3.23. The first-order chi connectivity index (χ1) is 9.38. The molecule has 0 saturated carbocycles. The fourth-order valence-corrected chi connectivity index (χ4v) is 2.66. The first-order valence-electron chi connectivity index (χ1n) is 7.37. The van der Waals surface area contributed by atoms with Crippen molar-refractivity contribution in [1.82, 2.24) is 15.1 Å². The average Bonchev–Trinajstić information content (AvgIpc) is 2.86. The van der Waals surface area contributed by atoms with Gasteiger partial charge < -0.3 is 15.0 Å². The summed E-state index contributed by atoms with van der Waals surface area (Å²) in [5.74, 6) is 0.0647. The van der Waals surface area contributed by atoms with Crippen LogP contribution in [0.4, 0.5) is 4.79 Å². The van der Waals surface area contributed by atoms with E-state index in [1.807, 2.05) is 25.7 Å². The maximum absolute atomic E-state index is 12.5. The van der Waals surface area contributed by atoms with E-state index in [-0.39, 0.29) is 18.0 Å². The zero-order valence-corrected chi connectivity index (χ0v) is 12.6. The van der Waals surface area contributed by atoms with Crippen molar-refractivity contribution in [1.29, 1.82) is 0 Å². The molecule has 2 saturated heterocycles. The molecule has 2 amide bonds. The molecule has 0 spiro atoms. The molecule has 2 aliphatic heterocycles. The van der Waals surface area contributed by atoms with Crippen molar-refractivity contribution in [3.05, 3.63) is 0 Å². The van der Waals surface area contributed by atoms with Gasteiger partial charge in [0.05, 0.1) is 0 Å². The molecule has 2 aliphatic rings. The summed E-state index contributed by atoms with van der Waals surface area (Å²) < 4.78 is 5.39. The van der Waals surface area contributed by atoms with E-state index in [4.69, 9.17) is 4.74 Å². The second-order valence-electron chi connectivity index (χ2n) is 6.41. The summed E-state index contributed by atoms with van der Waals surface area (Å²) in [7, 11) is 0. The highest BCUT2D eigenvalue weighted by Gasteiger charge is 2.38. The van der Waals surface area contributed by atoms with Crippen molar-refractivity contribution in [2.45, 2.75) is 45.3 Å². The highest BCUT2D eigenvalue weighted by Crippen LogP contribution is 2.22. The molecule has 1 N–H and O–H groups in total. The van der Waals surface area contributed by atoms with Gasteiger partial charge in [-0.2, -0.15) is 0 Å². The normalized spacial score (nSPS) is 23.9. The van der Waals surface area contributed by atoms with Crippen molar-refractivity contribution in [3.63, 3.8) is 0 Å². The van der Waals surface area contributed by atoms with Crippen LogP contribution in [0.3, 0.4) is 0 Å². The van der Waals surface area contributed by atoms with Crippen LogP contribution in [0, 0.1) is 0 Å². The lowest BCUT2D eigenvalue weighted by molar-refractivity contribution is -0.136. The minimum Gasteiger partial charge on any atom is -0.444 e. The zero-order valence-electron chi connectivity index (χ0n) is 12.6. The minimum absolute atomic E-state index is 0.0647. The molecular formula is C14H25N3O3. The molecule has 0 aromatic heterocycles. The number of carbonyl (C=O) groups excluding carboxylic acids is 2. The maximum atomic E-state index is 12.5. The molecule has 6 nitrogen and oxygen atoms in total. The quantitative estimate of drug-likeness (QED) is 0.774. The second kappa shape index (κ2) is 5.99. The van der Waals surface area contributed by atoms with Crippen molar-refractivity contribution in [3.8, 4) is 0 Å². The van der Waals surface area contributed by atoms with E-state index in [0.29, 0.717) is 6.54 Å². The molecule has 6 heteroatoms. The maximum Gasteiger partial charge on any atom is 0.410 e. The van der Waals surface area contributed by atoms with Gasteiger partial charge in [0.2, 0.25) is 5.91 Å². The first kappa shape index (κ1) is 15.1. The molecule has 0 aromatic carbocycles. The van der Waals surface area contributed by atoms with E-state index >= 15 is 0 Å². The lowest BCUT2D eigenvalue weighted by Crippen LogP contribution is -2.53. The third-order valence-electron chi connectivity index (χ3n) is 3.59. The average molecular weight is 283 g/mol. The number of hydrogen-bond donors (Lipinski definition) is 1. The topological polar surface area (TPSA) is 61.9 Å². The predicted molar refractivity (Wildman–Crippen MR) is 75.4 cm³/mol. The monoisotopic (exact) mass is 283 g/mol. The summed E-state index contributed by atoms with van der Waals surface area (Å²) in [6, 6.07) is -0.344. The second-order valence-corrected chi connectivity index (χ2v) is 6.41. The van der Waals surface area contributed by atoms with Crippen LogP contribution in [0.15, 0.2) is 0 Å². The van der Waals surface area contributed by atoms with E-state index in [1.165, 1.54) is 0 Å². The van der Waals surface area contributed by atoms with Gasteiger partial charge in [-0.3, -0.25) is 9.69 Å². The van der Waals surface area contributed by atoms with Gasteiger partial charge in [0.1, 0.15) is 11.6 Å². The van der Waals surface area contributed by atoms with Gasteiger partial charge in [0.25, 0.3) is 0 Å². The van der Waals surface area contributed by atoms with Gasteiger partial charge in [0, 0.05) is 32.7 Å². The SMILES string of the molecule is CC(C)(C)OC(=O)N1CCC[C@H]1C(=O)N1CCNCC1. The third kappa shape index (κ3) is 3.62. The largest absolute Gasteiger partial charge is 0.444 e. The Morgan fingerprint density at radius 2 is 1.80 bits per heavy atom. The van der Waals surface area contributed by atoms with Crippen molar-refractivity contribution < 1.29 is 14.3 Å². The molecule has 2 heterocycles. The number of nitrogens with zero attached hydrogens (tertiary/aromatic N) is 2. The first-order valence-corrected chi connectivity index (χ1v) is 7.37. The number of nitrogens with one attached hydrogen (secondary N) is 1. The van der Waals surface area contributed by atoms with E-state index in [9.17, 15) is 9.59 Å². The van der Waals surface area contributed by atoms with Crippen LogP contribution < -0.4 is 5.32 Å². The lowest BCUT2D eigenvalue weighted by Gasteiger charge is -2.33. The molecule has 2 rings (SSSR count). The standard InChI is InChI=1S/C14H25N3O3/c1-14(2,3)20-13(19)17-8-4-5-11(17)12(18)16-9-6-15-7-10-16/h11,15H,4-10H2,1-3H3/t11-/m0/s1. The zero-order chi connectivity index (χ0) is 14.8. The van der Waals surface area contributed by atoms with Crippen LogP contribution in [0.2, 0.25) is 0 Å². The number of amides is 2. The third-order valence-corrected chi connectivity index (χ3v) is 3.59. The van der Waals surface area contributed by atoms with Crippen LogP contribution in [-0.2, 0) is 9.53 Å². The molecule has 2 fully saturated rings. The van der Waals surface area contributed by atoms with Crippen LogP contribution in [-0.4, -0.2) is 66.2 Å². The molecule has 114 valence electrons. The van der Waals surface area contributed by atoms with Crippen LogP contribution in [0.25, 0.3) is 0 Å². The summed E-state index contributed by atoms with van der Waals surface area (Å²) in [5.41, 5.74) is -0.525. The molecule has 20 heavy (non-hydrogen) atoms. The smallest absolute Gasteiger partial charge is 0.410 e. The van der Waals surface area contributed by atoms with Crippen molar-refractivity contribution in [2.75, 3.05) is 32.7 Å². The van der Waals surface area contributed by atoms with Crippen LogP contribution in [0.1, 0.15) is 33.6 Å². The highest BCUT2D eigenvalue weighted by molar-refractivity contribution is 5.86. The fourth-order valence-electron chi connectivity index (χ4n) is 2.66. The molecule has 0 radical (unpaired) electrons. The lowest BCUT2D eigenvalue weighted by atomic mass is 10.1. The number of hydrogen-bond acceptors (Lipinski definition) is 4. The molecule has 0 bridgehead atoms. The van der Waals surface area contributed by atoms with E-state index in [0.717, 1.165) is 39.0 Å². The summed E-state index contributed by atoms with van der Waals surface area (Å²) in [4.78, 5) is 28.2. The highest BCUT2D eigenvalue weighted by atomic mass is 16.6. The Morgan fingerprint density at radius 3 is 2.40 bits per heavy atom. The van der Waals surface area contributed by atoms with E-state index in [1.54, 1.807) is 4.90 Å². The number of rotatable bonds is 1. The Kier molecular flexibility index (Phi) is 4.52. The number of carbonyl (C=O) groups is 2. The molecule has 0 aromatic rings. The Balaban J connectivity index is 1.99. The van der Waals surface area contributed by atoms with Gasteiger partial charge in [-0.05, 0) is 33.6 Å². The van der Waals surface area contributed by atoms with Gasteiger partial charge >= 0.3 is 6.09 Å². The van der Waals surface area contributed by atoms with Gasteiger partial charge in [0.15, 0.2) is 0 Å². The fraction of sp³-hybridized carbons (Fsp3) is 0.857. The van der Waals surface area contributed by atoms with E-state index < -0.39 is 5.60 Å². The van der Waals surface area contributed by atoms with Crippen molar-refractivity contribution in [2.24, 2.45) is 0 Å². The Labute approximate surface area is 120 Å². The van der Waals surface area contributed by atoms with Crippen LogP contribution in [0.5, 0.6) is 0 Å². The summed E-state index contributed by atoms with van der Waals surface area (Å²) >= 11 is 0. The molecule has 0 aliphatic carbocycles. The Morgan fingerprint density at radius 1 is 1.15 bits per heavy atom. The number of ether oxygens (including phenoxy) is 1. The van der Waals surface area contributed by atoms with Gasteiger partial charge in [-0.1, -0.05) is 0 Å². The molecular weight excluding hydrogens is 258 g/mol. The van der Waals surface area contributed by atoms with E-state index in [2.05, 4.69) is 5.32 Å². The van der Waals surface area contributed by atoms with Crippen LogP contribution >= 0.6 is 0 Å². The molecule has 1 atom stereocenters. The minimum atomic E-state index is -0.525. The number of likely N-dealkylation sites (tertiary alicyclic amines) is 1. The Hall–Kier alpha value is -1.30. The van der Waals surface area contributed by atoms with Crippen molar-refractivity contribution >= 4 is 12.0 Å². The summed E-state index contributed by atoms with van der Waals surface area (Å²) in [6.07, 6.45) is 1.23. The predicted octanol–water partition coefficient (Wildman–Crippen LogP) is 0.818. The molecule has 0 unspecified atom stereocenters. The Bertz CT molecular complexity index is 372. The summed E-state index contributed by atoms with van der Waals surface area (Å²) in [6.45, 7) is 9.22. The number of piperazine rings is 1. The van der Waals surface area contributed by atoms with Gasteiger partial charge in [-0.25, -0.2) is 4.79 Å².